The van der Waals surface area contributed by atoms with Crippen molar-refractivity contribution in [2.45, 2.75) is 46.6 Å². The van der Waals surface area contributed by atoms with E-state index in [4.69, 9.17) is 0 Å². The summed E-state index contributed by atoms with van der Waals surface area (Å²) in [7, 11) is 0. The first-order valence-electron chi connectivity index (χ1n) is 8.14. The highest BCUT2D eigenvalue weighted by molar-refractivity contribution is 5.68. The quantitative estimate of drug-likeness (QED) is 0.743. The molecule has 0 amide bonds. The first-order chi connectivity index (χ1) is 10.2. The van der Waals surface area contributed by atoms with Gasteiger partial charge in [0.05, 0.1) is 0 Å². The van der Waals surface area contributed by atoms with Gasteiger partial charge in [-0.2, -0.15) is 0 Å². The third-order valence-electron chi connectivity index (χ3n) is 3.91. The highest BCUT2D eigenvalue weighted by atomic mass is 14.8. The molecule has 21 heavy (non-hydrogen) atoms. The maximum absolute atomic E-state index is 3.43. The van der Waals surface area contributed by atoms with Crippen molar-refractivity contribution in [3.05, 3.63) is 59.2 Å². The van der Waals surface area contributed by atoms with Crippen molar-refractivity contribution < 1.29 is 0 Å². The molecule has 0 unspecified atom stereocenters. The SMILES string of the molecule is CCCCc1ccc(-c2cc(C)ccc2CNCC)cc1. The lowest BCUT2D eigenvalue weighted by molar-refractivity contribution is 0.728. The highest BCUT2D eigenvalue weighted by Gasteiger charge is 2.05. The predicted molar refractivity (Wildman–Crippen MR) is 92.6 cm³/mol. The van der Waals surface area contributed by atoms with Gasteiger partial charge in [0.2, 0.25) is 0 Å². The van der Waals surface area contributed by atoms with Crippen molar-refractivity contribution >= 4 is 0 Å². The van der Waals surface area contributed by atoms with Crippen LogP contribution in [0.3, 0.4) is 0 Å². The third kappa shape index (κ3) is 4.44. The fourth-order valence-corrected chi connectivity index (χ4v) is 2.60. The molecule has 0 radical (unpaired) electrons. The van der Waals surface area contributed by atoms with Crippen LogP contribution in [0.15, 0.2) is 42.5 Å². The van der Waals surface area contributed by atoms with Crippen molar-refractivity contribution in [3.63, 3.8) is 0 Å². The monoisotopic (exact) mass is 281 g/mol. The Bertz CT molecular complexity index is 555. The third-order valence-corrected chi connectivity index (χ3v) is 3.91. The molecular weight excluding hydrogens is 254 g/mol. The lowest BCUT2D eigenvalue weighted by Gasteiger charge is -2.12. The Morgan fingerprint density at radius 2 is 1.71 bits per heavy atom. The van der Waals surface area contributed by atoms with Crippen LogP contribution >= 0.6 is 0 Å². The molecule has 0 aromatic heterocycles. The standard InChI is InChI=1S/C20H27N/c1-4-6-7-17-9-12-18(13-10-17)20-14-16(3)8-11-19(20)15-21-5-2/h8-14,21H,4-7,15H2,1-3H3. The summed E-state index contributed by atoms with van der Waals surface area (Å²) in [6, 6.07) is 15.9. The molecule has 0 heterocycles. The van der Waals surface area contributed by atoms with E-state index in [1.165, 1.54) is 47.1 Å². The molecule has 2 rings (SSSR count). The molecule has 0 aliphatic rings. The van der Waals surface area contributed by atoms with Crippen LogP contribution in [0.4, 0.5) is 0 Å². The molecule has 0 atom stereocenters. The highest BCUT2D eigenvalue weighted by Crippen LogP contribution is 2.26. The lowest BCUT2D eigenvalue weighted by atomic mass is 9.96. The summed E-state index contributed by atoms with van der Waals surface area (Å²) in [6.07, 6.45) is 3.72. The number of hydrogen-bond donors (Lipinski definition) is 1. The molecule has 0 saturated carbocycles. The average molecular weight is 281 g/mol. The van der Waals surface area contributed by atoms with E-state index in [9.17, 15) is 0 Å². The van der Waals surface area contributed by atoms with Gasteiger partial charge in [0, 0.05) is 6.54 Å². The Balaban J connectivity index is 2.25. The fourth-order valence-electron chi connectivity index (χ4n) is 2.60. The zero-order valence-electron chi connectivity index (χ0n) is 13.6. The van der Waals surface area contributed by atoms with Crippen molar-refractivity contribution in [1.29, 1.82) is 0 Å². The number of rotatable bonds is 7. The minimum Gasteiger partial charge on any atom is -0.313 e. The van der Waals surface area contributed by atoms with Gasteiger partial charge in [-0.3, -0.25) is 0 Å². The minimum absolute atomic E-state index is 0.934. The smallest absolute Gasteiger partial charge is 0.0211 e. The number of hydrogen-bond acceptors (Lipinski definition) is 1. The molecular formula is C20H27N. The van der Waals surface area contributed by atoms with E-state index >= 15 is 0 Å². The minimum atomic E-state index is 0.934. The molecule has 1 nitrogen and oxygen atoms in total. The molecule has 2 aromatic carbocycles. The number of unbranched alkanes of at least 4 members (excludes halogenated alkanes) is 1. The van der Waals surface area contributed by atoms with Crippen LogP contribution in [-0.2, 0) is 13.0 Å². The second-order valence-corrected chi connectivity index (χ2v) is 5.74. The largest absolute Gasteiger partial charge is 0.313 e. The number of nitrogens with one attached hydrogen (secondary N) is 1. The van der Waals surface area contributed by atoms with Crippen LogP contribution in [0.25, 0.3) is 11.1 Å². The first kappa shape index (κ1) is 15.8. The topological polar surface area (TPSA) is 12.0 Å². The molecule has 0 spiro atoms. The van der Waals surface area contributed by atoms with Crippen LogP contribution in [0.1, 0.15) is 43.4 Å². The molecule has 2 aromatic rings. The van der Waals surface area contributed by atoms with E-state index in [2.05, 4.69) is 68.6 Å². The zero-order valence-corrected chi connectivity index (χ0v) is 13.6. The molecule has 0 fully saturated rings. The van der Waals surface area contributed by atoms with Crippen LogP contribution in [0.5, 0.6) is 0 Å². The van der Waals surface area contributed by atoms with Gasteiger partial charge in [0.15, 0.2) is 0 Å². The Kier molecular flexibility index (Phi) is 6.01. The van der Waals surface area contributed by atoms with Gasteiger partial charge in [-0.15, -0.1) is 0 Å². The van der Waals surface area contributed by atoms with Gasteiger partial charge in [-0.1, -0.05) is 68.3 Å². The van der Waals surface area contributed by atoms with Crippen LogP contribution in [0, 0.1) is 6.92 Å². The summed E-state index contributed by atoms with van der Waals surface area (Å²) < 4.78 is 0. The van der Waals surface area contributed by atoms with Crippen molar-refractivity contribution in [2.75, 3.05) is 6.54 Å². The van der Waals surface area contributed by atoms with Gasteiger partial charge >= 0.3 is 0 Å². The summed E-state index contributed by atoms with van der Waals surface area (Å²) in [6.45, 7) is 8.49. The second kappa shape index (κ2) is 7.99. The summed E-state index contributed by atoms with van der Waals surface area (Å²) in [4.78, 5) is 0. The molecule has 1 N–H and O–H groups in total. The second-order valence-electron chi connectivity index (χ2n) is 5.74. The van der Waals surface area contributed by atoms with Crippen molar-refractivity contribution in [2.24, 2.45) is 0 Å². The summed E-state index contributed by atoms with van der Waals surface area (Å²) in [5.74, 6) is 0. The van der Waals surface area contributed by atoms with E-state index in [1.54, 1.807) is 0 Å². The van der Waals surface area contributed by atoms with Crippen LogP contribution in [0.2, 0.25) is 0 Å². The fraction of sp³-hybridized carbons (Fsp3) is 0.400. The van der Waals surface area contributed by atoms with E-state index < -0.39 is 0 Å². The maximum atomic E-state index is 3.43. The molecule has 0 bridgehead atoms. The lowest BCUT2D eigenvalue weighted by Crippen LogP contribution is -2.12. The predicted octanol–water partition coefficient (Wildman–Crippen LogP) is 5.11. The molecule has 112 valence electrons. The maximum Gasteiger partial charge on any atom is 0.0211 e. The molecule has 1 heteroatoms. The van der Waals surface area contributed by atoms with Gasteiger partial charge in [-0.05, 0) is 48.6 Å². The van der Waals surface area contributed by atoms with Gasteiger partial charge in [0.25, 0.3) is 0 Å². The van der Waals surface area contributed by atoms with E-state index in [0.29, 0.717) is 0 Å². The van der Waals surface area contributed by atoms with Crippen LogP contribution < -0.4 is 5.32 Å². The average Bonchev–Trinajstić information content (AvgIpc) is 2.52. The van der Waals surface area contributed by atoms with Crippen molar-refractivity contribution in [1.82, 2.24) is 5.32 Å². The number of aryl methyl sites for hydroxylation is 2. The Morgan fingerprint density at radius 3 is 2.38 bits per heavy atom. The van der Waals surface area contributed by atoms with Gasteiger partial charge < -0.3 is 5.32 Å². The zero-order chi connectivity index (χ0) is 15.1. The summed E-state index contributed by atoms with van der Waals surface area (Å²) in [5.41, 5.74) is 6.83. The number of benzene rings is 2. The normalized spacial score (nSPS) is 10.8. The van der Waals surface area contributed by atoms with E-state index in [-0.39, 0.29) is 0 Å². The van der Waals surface area contributed by atoms with Gasteiger partial charge in [-0.25, -0.2) is 0 Å². The Morgan fingerprint density at radius 1 is 0.952 bits per heavy atom. The Hall–Kier alpha value is -1.60. The molecule has 0 aliphatic carbocycles. The van der Waals surface area contributed by atoms with Gasteiger partial charge in [0.1, 0.15) is 0 Å². The van der Waals surface area contributed by atoms with Crippen LogP contribution in [-0.4, -0.2) is 6.54 Å². The summed E-state index contributed by atoms with van der Waals surface area (Å²) >= 11 is 0. The van der Waals surface area contributed by atoms with Crippen molar-refractivity contribution in [3.8, 4) is 11.1 Å². The van der Waals surface area contributed by atoms with E-state index in [0.717, 1.165) is 13.1 Å². The first-order valence-corrected chi connectivity index (χ1v) is 8.14. The summed E-state index contributed by atoms with van der Waals surface area (Å²) in [5, 5.41) is 3.43. The van der Waals surface area contributed by atoms with E-state index in [1.807, 2.05) is 0 Å². The molecule has 0 saturated heterocycles. The molecule has 0 aliphatic heterocycles. The Labute approximate surface area is 129 Å².